The molecule has 1 fully saturated rings. The van der Waals surface area contributed by atoms with E-state index in [4.69, 9.17) is 35.5 Å². The number of carbonyl (C=O) groups is 1. The average Bonchev–Trinajstić information content (AvgIpc) is 3.26. The molecule has 10 nitrogen and oxygen atoms in total. The van der Waals surface area contributed by atoms with Crippen molar-refractivity contribution in [3.05, 3.63) is 58.7 Å². The van der Waals surface area contributed by atoms with Gasteiger partial charge in [-0.05, 0) is 82.0 Å². The van der Waals surface area contributed by atoms with Gasteiger partial charge in [0, 0.05) is 35.3 Å². The van der Waals surface area contributed by atoms with E-state index < -0.39 is 17.1 Å². The molecular formula is C33H38ClN5O5. The molecule has 1 atom stereocenters. The first-order valence-corrected chi connectivity index (χ1v) is 15.2. The summed E-state index contributed by atoms with van der Waals surface area (Å²) in [4.78, 5) is 23.8. The highest BCUT2D eigenvalue weighted by atomic mass is 35.5. The molecule has 1 amide bonds. The summed E-state index contributed by atoms with van der Waals surface area (Å²) in [5, 5.41) is 13.9. The van der Waals surface area contributed by atoms with Gasteiger partial charge in [0.1, 0.15) is 24.0 Å². The topological polar surface area (TPSA) is 119 Å². The van der Waals surface area contributed by atoms with Crippen molar-refractivity contribution in [2.75, 3.05) is 36.6 Å². The zero-order valence-electron chi connectivity index (χ0n) is 25.8. The lowest BCUT2D eigenvalue weighted by Gasteiger charge is -2.26. The SMILES string of the molecule is CC(C)(C)OC(=O)N1CC(C)(C)c2cc(-c3ccnc(Nc4cc(Cl)ccc4OCCOC4CCCCO4)n3)cc(C#N)c21. The first-order valence-electron chi connectivity index (χ1n) is 14.8. The predicted octanol–water partition coefficient (Wildman–Crippen LogP) is 7.37. The third kappa shape index (κ3) is 7.41. The highest BCUT2D eigenvalue weighted by Gasteiger charge is 2.42. The van der Waals surface area contributed by atoms with Gasteiger partial charge in [-0.3, -0.25) is 4.90 Å². The molecule has 232 valence electrons. The number of fused-ring (bicyclic) bond motifs is 1. The summed E-state index contributed by atoms with van der Waals surface area (Å²) in [6.45, 7) is 11.4. The van der Waals surface area contributed by atoms with Crippen molar-refractivity contribution < 1.29 is 23.7 Å². The second-order valence-corrected chi connectivity index (χ2v) is 13.0. The molecular weight excluding hydrogens is 582 g/mol. The average molecular weight is 620 g/mol. The van der Waals surface area contributed by atoms with Crippen molar-refractivity contribution in [3.8, 4) is 23.1 Å². The first-order chi connectivity index (χ1) is 20.9. The van der Waals surface area contributed by atoms with Crippen LogP contribution in [0.2, 0.25) is 5.02 Å². The third-order valence-electron chi connectivity index (χ3n) is 7.32. The van der Waals surface area contributed by atoms with Crippen LogP contribution in [-0.4, -0.2) is 54.3 Å². The Hall–Kier alpha value is -3.91. The van der Waals surface area contributed by atoms with E-state index in [0.29, 0.717) is 59.1 Å². The number of amides is 1. The van der Waals surface area contributed by atoms with E-state index in [1.165, 1.54) is 0 Å². The van der Waals surface area contributed by atoms with Crippen LogP contribution >= 0.6 is 11.6 Å². The number of hydrogen-bond donors (Lipinski definition) is 1. The molecule has 3 heterocycles. The smallest absolute Gasteiger partial charge is 0.414 e. The van der Waals surface area contributed by atoms with E-state index in [1.807, 2.05) is 40.7 Å². The van der Waals surface area contributed by atoms with Crippen LogP contribution in [-0.2, 0) is 19.6 Å². The normalized spacial score (nSPS) is 17.5. The minimum atomic E-state index is -0.660. The van der Waals surface area contributed by atoms with E-state index in [-0.39, 0.29) is 6.29 Å². The highest BCUT2D eigenvalue weighted by Crippen LogP contribution is 2.45. The van der Waals surface area contributed by atoms with E-state index in [1.54, 1.807) is 41.4 Å². The van der Waals surface area contributed by atoms with Gasteiger partial charge >= 0.3 is 6.09 Å². The van der Waals surface area contributed by atoms with Gasteiger partial charge in [-0.25, -0.2) is 14.8 Å². The molecule has 5 rings (SSSR count). The predicted molar refractivity (Wildman–Crippen MR) is 169 cm³/mol. The van der Waals surface area contributed by atoms with Gasteiger partial charge in [0.2, 0.25) is 5.95 Å². The molecule has 44 heavy (non-hydrogen) atoms. The van der Waals surface area contributed by atoms with Crippen LogP contribution in [0.5, 0.6) is 5.75 Å². The van der Waals surface area contributed by atoms with Gasteiger partial charge in [0.25, 0.3) is 0 Å². The Labute approximate surface area is 263 Å². The summed E-state index contributed by atoms with van der Waals surface area (Å²) in [7, 11) is 0. The van der Waals surface area contributed by atoms with Gasteiger partial charge < -0.3 is 24.3 Å². The molecule has 11 heteroatoms. The van der Waals surface area contributed by atoms with Crippen LogP contribution in [0.3, 0.4) is 0 Å². The number of benzene rings is 2. The maximum atomic E-state index is 13.1. The first kappa shape index (κ1) is 31.5. The van der Waals surface area contributed by atoms with Crippen molar-refractivity contribution in [2.24, 2.45) is 0 Å². The lowest BCUT2D eigenvalue weighted by atomic mass is 9.85. The molecule has 1 N–H and O–H groups in total. The van der Waals surface area contributed by atoms with Gasteiger partial charge in [0.05, 0.1) is 29.2 Å². The molecule has 1 unspecified atom stereocenters. The van der Waals surface area contributed by atoms with Crippen LogP contribution in [0.4, 0.5) is 22.1 Å². The summed E-state index contributed by atoms with van der Waals surface area (Å²) in [5.74, 6) is 0.903. The van der Waals surface area contributed by atoms with Crippen LogP contribution in [0.1, 0.15) is 65.0 Å². The minimum absolute atomic E-state index is 0.182. The van der Waals surface area contributed by atoms with Gasteiger partial charge in [0.15, 0.2) is 6.29 Å². The lowest BCUT2D eigenvalue weighted by Crippen LogP contribution is -2.38. The van der Waals surface area contributed by atoms with Gasteiger partial charge in [-0.1, -0.05) is 25.4 Å². The molecule has 1 saturated heterocycles. The number of nitrogens with zero attached hydrogens (tertiary/aromatic N) is 4. The molecule has 0 aliphatic carbocycles. The molecule has 0 bridgehead atoms. The van der Waals surface area contributed by atoms with Crippen LogP contribution in [0.25, 0.3) is 11.3 Å². The van der Waals surface area contributed by atoms with E-state index in [0.717, 1.165) is 37.0 Å². The van der Waals surface area contributed by atoms with Crippen LogP contribution in [0.15, 0.2) is 42.6 Å². The van der Waals surface area contributed by atoms with Crippen molar-refractivity contribution in [2.45, 2.75) is 71.2 Å². The second kappa shape index (κ2) is 13.0. The number of hydrogen-bond acceptors (Lipinski definition) is 9. The van der Waals surface area contributed by atoms with Crippen molar-refractivity contribution in [3.63, 3.8) is 0 Å². The van der Waals surface area contributed by atoms with Gasteiger partial charge in [-0.15, -0.1) is 0 Å². The number of nitriles is 1. The highest BCUT2D eigenvalue weighted by molar-refractivity contribution is 6.31. The Morgan fingerprint density at radius 1 is 1.20 bits per heavy atom. The minimum Gasteiger partial charge on any atom is -0.489 e. The maximum Gasteiger partial charge on any atom is 0.414 e. The fourth-order valence-corrected chi connectivity index (χ4v) is 5.48. The molecule has 2 aliphatic heterocycles. The number of nitrogens with one attached hydrogen (secondary N) is 1. The number of carbonyl (C=O) groups excluding carboxylic acids is 1. The van der Waals surface area contributed by atoms with Crippen molar-refractivity contribution in [1.82, 2.24) is 9.97 Å². The molecule has 0 spiro atoms. The zero-order chi connectivity index (χ0) is 31.5. The summed E-state index contributed by atoms with van der Waals surface area (Å²) < 4.78 is 23.1. The largest absolute Gasteiger partial charge is 0.489 e. The third-order valence-corrected chi connectivity index (χ3v) is 7.55. The number of halogens is 1. The van der Waals surface area contributed by atoms with E-state index in [2.05, 4.69) is 16.4 Å². The van der Waals surface area contributed by atoms with E-state index >= 15 is 0 Å². The quantitative estimate of drug-likeness (QED) is 0.258. The van der Waals surface area contributed by atoms with Crippen LogP contribution in [0, 0.1) is 11.3 Å². The fourth-order valence-electron chi connectivity index (χ4n) is 5.31. The molecule has 1 aromatic heterocycles. The molecule has 3 aromatic rings. The number of ether oxygens (including phenoxy) is 4. The zero-order valence-corrected chi connectivity index (χ0v) is 26.5. The van der Waals surface area contributed by atoms with Crippen LogP contribution < -0.4 is 15.0 Å². The molecule has 2 aromatic carbocycles. The fraction of sp³-hybridized carbons (Fsp3) is 0.455. The monoisotopic (exact) mass is 619 g/mol. The standard InChI is InChI=1S/C33H38ClN5O5/c1-32(2,3)44-31(40)39-20-33(4,5)24-17-21(16-22(19-35)29(24)39)25-11-12-36-30(37-25)38-26-18-23(34)9-10-27(26)41-14-15-43-28-8-6-7-13-42-28/h9-12,16-18,28H,6-8,13-15,20H2,1-5H3,(H,36,37,38). The Morgan fingerprint density at radius 3 is 2.75 bits per heavy atom. The lowest BCUT2D eigenvalue weighted by molar-refractivity contribution is -0.165. The molecule has 0 radical (unpaired) electrons. The number of aromatic nitrogens is 2. The summed E-state index contributed by atoms with van der Waals surface area (Å²) in [6.07, 6.45) is 4.04. The van der Waals surface area contributed by atoms with E-state index in [9.17, 15) is 10.1 Å². The van der Waals surface area contributed by atoms with Crippen molar-refractivity contribution in [1.29, 1.82) is 5.26 Å². The second-order valence-electron chi connectivity index (χ2n) is 12.5. The Kier molecular flexibility index (Phi) is 9.30. The maximum absolute atomic E-state index is 13.1. The molecule has 2 aliphatic rings. The number of rotatable bonds is 8. The Bertz CT molecular complexity index is 1560. The number of anilines is 3. The summed E-state index contributed by atoms with van der Waals surface area (Å²) in [5.41, 5.74) is 2.68. The van der Waals surface area contributed by atoms with Gasteiger partial charge in [-0.2, -0.15) is 5.26 Å². The van der Waals surface area contributed by atoms with Crippen molar-refractivity contribution >= 4 is 35.0 Å². The Morgan fingerprint density at radius 2 is 2.02 bits per heavy atom. The molecule has 0 saturated carbocycles. The Balaban J connectivity index is 1.37. The summed E-state index contributed by atoms with van der Waals surface area (Å²) in [6, 6.07) is 13.1. The summed E-state index contributed by atoms with van der Waals surface area (Å²) >= 11 is 6.31.